The first-order chi connectivity index (χ1) is 15.0. The average Bonchev–Trinajstić information content (AvgIpc) is 2.77. The summed E-state index contributed by atoms with van der Waals surface area (Å²) < 4.78 is 7.20. The van der Waals surface area contributed by atoms with E-state index >= 15 is 0 Å². The molecular formula is C23H23N4O3S+. The van der Waals surface area contributed by atoms with Gasteiger partial charge in [0.1, 0.15) is 5.75 Å². The van der Waals surface area contributed by atoms with Gasteiger partial charge in [0.15, 0.2) is 0 Å². The van der Waals surface area contributed by atoms with Gasteiger partial charge in [0.2, 0.25) is 11.1 Å². The normalized spacial score (nSPS) is 14.5. The number of anilines is 1. The molecule has 1 unspecified atom stereocenters. The lowest BCUT2D eigenvalue weighted by molar-refractivity contribution is -0.763. The number of carbonyl (C=O) groups is 1. The van der Waals surface area contributed by atoms with E-state index in [-0.39, 0.29) is 11.5 Å². The van der Waals surface area contributed by atoms with Crippen LogP contribution in [0, 0.1) is 0 Å². The van der Waals surface area contributed by atoms with Crippen molar-refractivity contribution in [2.75, 3.05) is 17.3 Å². The zero-order valence-corrected chi connectivity index (χ0v) is 18.2. The van der Waals surface area contributed by atoms with Gasteiger partial charge in [0.05, 0.1) is 17.9 Å². The Kier molecular flexibility index (Phi) is 5.90. The first kappa shape index (κ1) is 20.9. The minimum absolute atomic E-state index is 0.146. The highest BCUT2D eigenvalue weighted by molar-refractivity contribution is 7.99. The third-order valence-electron chi connectivity index (χ3n) is 4.92. The van der Waals surface area contributed by atoms with E-state index in [1.807, 2.05) is 55.5 Å². The summed E-state index contributed by atoms with van der Waals surface area (Å²) in [5.74, 6) is 1.19. The summed E-state index contributed by atoms with van der Waals surface area (Å²) in [5.41, 5.74) is 2.31. The number of thioether (sulfide) groups is 1. The highest BCUT2D eigenvalue weighted by atomic mass is 32.2. The summed E-state index contributed by atoms with van der Waals surface area (Å²) in [7, 11) is 0. The van der Waals surface area contributed by atoms with Crippen LogP contribution in [-0.4, -0.2) is 28.3 Å². The zero-order chi connectivity index (χ0) is 22.0. The molecule has 3 aromatic rings. The Morgan fingerprint density at radius 3 is 2.71 bits per heavy atom. The molecule has 1 aliphatic heterocycles. The molecule has 2 aromatic carbocycles. The van der Waals surface area contributed by atoms with Crippen LogP contribution in [0.2, 0.25) is 0 Å². The third kappa shape index (κ3) is 3.86. The number of fused-ring (bicyclic) bond motifs is 3. The molecule has 0 aliphatic carbocycles. The van der Waals surface area contributed by atoms with Gasteiger partial charge in [-0.15, -0.1) is 6.58 Å². The summed E-state index contributed by atoms with van der Waals surface area (Å²) in [6, 6.07) is 14.9. The maximum absolute atomic E-state index is 13.1. The molecule has 0 radical (unpaired) electrons. The SMILES string of the molecule is C=CCSc1n[n+]2c(c(=O)[nH]1)-c1ccccc1N(C(C)=O)C2c1ccc(OCC)cc1. The molecule has 2 heterocycles. The van der Waals surface area contributed by atoms with Gasteiger partial charge in [-0.3, -0.25) is 14.6 Å². The van der Waals surface area contributed by atoms with Gasteiger partial charge in [0.25, 0.3) is 6.17 Å². The number of aromatic amines is 1. The van der Waals surface area contributed by atoms with E-state index < -0.39 is 6.17 Å². The Morgan fingerprint density at radius 1 is 1.29 bits per heavy atom. The van der Waals surface area contributed by atoms with Crippen molar-refractivity contribution >= 4 is 23.4 Å². The Hall–Kier alpha value is -3.39. The van der Waals surface area contributed by atoms with E-state index in [0.717, 1.165) is 11.3 Å². The third-order valence-corrected chi connectivity index (χ3v) is 5.78. The molecule has 4 rings (SSSR count). The number of H-pyrrole nitrogens is 1. The van der Waals surface area contributed by atoms with E-state index in [9.17, 15) is 9.59 Å². The number of amides is 1. The molecule has 1 aliphatic rings. The quantitative estimate of drug-likeness (QED) is 0.365. The Labute approximate surface area is 184 Å². The number of benzene rings is 2. The Bertz CT molecular complexity index is 1190. The largest absolute Gasteiger partial charge is 0.494 e. The molecule has 158 valence electrons. The van der Waals surface area contributed by atoms with E-state index in [1.165, 1.54) is 18.7 Å². The smallest absolute Gasteiger partial charge is 0.325 e. The number of hydrogen-bond donors (Lipinski definition) is 1. The molecule has 0 spiro atoms. The van der Waals surface area contributed by atoms with Crippen molar-refractivity contribution in [1.29, 1.82) is 0 Å². The molecule has 1 amide bonds. The van der Waals surface area contributed by atoms with Crippen LogP contribution in [0.1, 0.15) is 25.6 Å². The fourth-order valence-electron chi connectivity index (χ4n) is 3.72. The first-order valence-corrected chi connectivity index (χ1v) is 11.0. The van der Waals surface area contributed by atoms with Gasteiger partial charge in [-0.1, -0.05) is 30.0 Å². The van der Waals surface area contributed by atoms with E-state index in [2.05, 4.69) is 11.6 Å². The zero-order valence-electron chi connectivity index (χ0n) is 17.4. The van der Waals surface area contributed by atoms with Crippen LogP contribution in [0.25, 0.3) is 11.3 Å². The van der Waals surface area contributed by atoms with Crippen molar-refractivity contribution in [3.8, 4) is 17.0 Å². The van der Waals surface area contributed by atoms with Crippen molar-refractivity contribution in [2.45, 2.75) is 25.2 Å². The van der Waals surface area contributed by atoms with E-state index in [1.54, 1.807) is 15.7 Å². The summed E-state index contributed by atoms with van der Waals surface area (Å²) in [4.78, 5) is 30.5. The number of carbonyl (C=O) groups excluding carboxylic acids is 1. The van der Waals surface area contributed by atoms with Crippen LogP contribution in [-0.2, 0) is 4.79 Å². The summed E-state index contributed by atoms with van der Waals surface area (Å²) >= 11 is 1.38. The van der Waals surface area contributed by atoms with Crippen LogP contribution in [0.5, 0.6) is 5.75 Å². The van der Waals surface area contributed by atoms with Crippen LogP contribution in [0.15, 0.2) is 71.1 Å². The van der Waals surface area contributed by atoms with Gasteiger partial charge in [-0.25, -0.2) is 4.90 Å². The molecule has 1 N–H and O–H groups in total. The van der Waals surface area contributed by atoms with Gasteiger partial charge in [0, 0.05) is 23.3 Å². The maximum atomic E-state index is 13.1. The molecule has 31 heavy (non-hydrogen) atoms. The second-order valence-corrected chi connectivity index (χ2v) is 7.94. The topological polar surface area (TPSA) is 79.2 Å². The Balaban J connectivity index is 1.96. The number of aromatic nitrogens is 3. The van der Waals surface area contributed by atoms with Gasteiger partial charge in [-0.2, -0.15) is 0 Å². The second kappa shape index (κ2) is 8.77. The predicted molar refractivity (Wildman–Crippen MR) is 120 cm³/mol. The monoisotopic (exact) mass is 435 g/mol. The van der Waals surface area contributed by atoms with Gasteiger partial charge < -0.3 is 4.74 Å². The van der Waals surface area contributed by atoms with E-state index in [4.69, 9.17) is 9.84 Å². The van der Waals surface area contributed by atoms with Crippen molar-refractivity contribution in [2.24, 2.45) is 0 Å². The second-order valence-electron chi connectivity index (χ2n) is 6.93. The van der Waals surface area contributed by atoms with Crippen LogP contribution in [0.4, 0.5) is 5.69 Å². The maximum Gasteiger partial charge on any atom is 0.325 e. The molecule has 0 fully saturated rings. The van der Waals surface area contributed by atoms with Crippen molar-refractivity contribution < 1.29 is 14.2 Å². The molecule has 8 heteroatoms. The van der Waals surface area contributed by atoms with Crippen molar-refractivity contribution in [1.82, 2.24) is 10.1 Å². The van der Waals surface area contributed by atoms with Crippen molar-refractivity contribution in [3.05, 3.63) is 77.1 Å². The molecular weight excluding hydrogens is 412 g/mol. The van der Waals surface area contributed by atoms with Crippen LogP contribution < -0.4 is 19.9 Å². The highest BCUT2D eigenvalue weighted by Gasteiger charge is 2.44. The predicted octanol–water partition coefficient (Wildman–Crippen LogP) is 3.31. The highest BCUT2D eigenvalue weighted by Crippen LogP contribution is 2.37. The lowest BCUT2D eigenvalue weighted by Crippen LogP contribution is -2.60. The number of ether oxygens (including phenoxy) is 1. The molecule has 1 atom stereocenters. The van der Waals surface area contributed by atoms with Gasteiger partial charge >= 0.3 is 11.3 Å². The number of para-hydroxylation sites is 1. The van der Waals surface area contributed by atoms with Crippen LogP contribution in [0.3, 0.4) is 0 Å². The fraction of sp³-hybridized carbons (Fsp3) is 0.217. The molecule has 0 saturated carbocycles. The number of hydrogen-bond acceptors (Lipinski definition) is 5. The molecule has 0 saturated heterocycles. The lowest BCUT2D eigenvalue weighted by atomic mass is 10.0. The summed E-state index contributed by atoms with van der Waals surface area (Å²) in [6.07, 6.45) is 1.14. The minimum Gasteiger partial charge on any atom is -0.494 e. The van der Waals surface area contributed by atoms with Crippen LogP contribution >= 0.6 is 11.8 Å². The first-order valence-electron chi connectivity index (χ1n) is 9.97. The average molecular weight is 436 g/mol. The molecule has 1 aromatic heterocycles. The standard InChI is InChI=1S/C23H22N4O3S/c1-4-14-31-23-24-21(29)20-18-8-6-7-9-19(18)26(15(3)28)22(27(20)25-23)16-10-12-17(13-11-16)30-5-2/h4,6-13,22H,1,5,14H2,2-3H3/p+1. The van der Waals surface area contributed by atoms with Gasteiger partial charge in [-0.05, 0) is 48.0 Å². The molecule has 0 bridgehead atoms. The number of nitrogens with one attached hydrogen (secondary N) is 1. The lowest BCUT2D eigenvalue weighted by Gasteiger charge is -2.31. The molecule has 7 nitrogen and oxygen atoms in total. The number of rotatable bonds is 6. The summed E-state index contributed by atoms with van der Waals surface area (Å²) in [5, 5.41) is 5.18. The minimum atomic E-state index is -0.608. The fourth-order valence-corrected chi connectivity index (χ4v) is 4.31. The number of nitrogens with zero attached hydrogens (tertiary/aromatic N) is 3. The summed E-state index contributed by atoms with van der Waals surface area (Å²) in [6.45, 7) is 7.73. The van der Waals surface area contributed by atoms with E-state index in [0.29, 0.717) is 34.5 Å². The van der Waals surface area contributed by atoms with Crippen molar-refractivity contribution in [3.63, 3.8) is 0 Å². The Morgan fingerprint density at radius 2 is 2.03 bits per heavy atom.